The molecule has 1 amide bonds. The molecule has 0 fully saturated rings. The van der Waals surface area contributed by atoms with Gasteiger partial charge < -0.3 is 0 Å². The van der Waals surface area contributed by atoms with Gasteiger partial charge in [-0.2, -0.15) is 14.9 Å². The van der Waals surface area contributed by atoms with Gasteiger partial charge in [-0.25, -0.2) is 9.67 Å². The minimum atomic E-state index is -0.111. The zero-order chi connectivity index (χ0) is 20.4. The lowest BCUT2D eigenvalue weighted by Crippen LogP contribution is -2.22. The summed E-state index contributed by atoms with van der Waals surface area (Å²) >= 11 is 1.37. The molecule has 3 heterocycles. The molecule has 1 aromatic carbocycles. The Labute approximate surface area is 171 Å². The van der Waals surface area contributed by atoms with E-state index in [1.54, 1.807) is 15.8 Å². The molecule has 0 atom stereocenters. The van der Waals surface area contributed by atoms with Crippen molar-refractivity contribution in [3.8, 4) is 5.95 Å². The van der Waals surface area contributed by atoms with Crippen molar-refractivity contribution in [3.63, 3.8) is 0 Å². The Balaban J connectivity index is 1.60. The monoisotopic (exact) mass is 406 g/mol. The van der Waals surface area contributed by atoms with Crippen molar-refractivity contribution in [1.29, 1.82) is 0 Å². The summed E-state index contributed by atoms with van der Waals surface area (Å²) in [4.78, 5) is 18.3. The quantitative estimate of drug-likeness (QED) is 0.475. The number of amides is 1. The lowest BCUT2D eigenvalue weighted by molar-refractivity contribution is -0.115. The van der Waals surface area contributed by atoms with Crippen molar-refractivity contribution < 1.29 is 4.79 Å². The van der Waals surface area contributed by atoms with Gasteiger partial charge >= 0.3 is 0 Å². The highest BCUT2D eigenvalue weighted by molar-refractivity contribution is 7.14. The van der Waals surface area contributed by atoms with Gasteiger partial charge in [-0.1, -0.05) is 18.2 Å². The molecule has 4 rings (SSSR count). The maximum absolute atomic E-state index is 12.2. The number of carbonyl (C=O) groups is 1. The molecule has 10 heteroatoms. The van der Waals surface area contributed by atoms with Gasteiger partial charge in [0, 0.05) is 18.0 Å². The second kappa shape index (κ2) is 7.76. The van der Waals surface area contributed by atoms with E-state index in [-0.39, 0.29) is 5.91 Å². The Morgan fingerprint density at radius 1 is 1.24 bits per heavy atom. The van der Waals surface area contributed by atoms with Crippen LogP contribution in [0.4, 0.5) is 10.8 Å². The third kappa shape index (κ3) is 3.83. The molecule has 29 heavy (non-hydrogen) atoms. The number of aryl methyl sites for hydroxylation is 2. The van der Waals surface area contributed by atoms with Crippen molar-refractivity contribution in [2.75, 3.05) is 4.90 Å². The Morgan fingerprint density at radius 3 is 2.72 bits per heavy atom. The number of hydrogen-bond acceptors (Lipinski definition) is 7. The van der Waals surface area contributed by atoms with Gasteiger partial charge in [0.25, 0.3) is 5.95 Å². The summed E-state index contributed by atoms with van der Waals surface area (Å²) in [7, 11) is 0. The van der Waals surface area contributed by atoms with Crippen molar-refractivity contribution in [1.82, 2.24) is 29.6 Å². The van der Waals surface area contributed by atoms with Crippen LogP contribution in [0.2, 0.25) is 0 Å². The molecule has 0 saturated carbocycles. The van der Waals surface area contributed by atoms with Gasteiger partial charge in [0.15, 0.2) is 5.13 Å². The van der Waals surface area contributed by atoms with Gasteiger partial charge in [0.05, 0.1) is 23.3 Å². The topological polar surface area (TPSA) is 94.1 Å². The molecule has 3 aromatic heterocycles. The number of anilines is 2. The van der Waals surface area contributed by atoms with Crippen molar-refractivity contribution in [2.45, 2.75) is 20.8 Å². The van der Waals surface area contributed by atoms with Gasteiger partial charge in [-0.05, 0) is 32.0 Å². The molecule has 0 saturated heterocycles. The minimum absolute atomic E-state index is 0.111. The lowest BCUT2D eigenvalue weighted by atomic mass is 10.3. The fraction of sp³-hybridized carbons (Fsp3) is 0.158. The highest BCUT2D eigenvalue weighted by Gasteiger charge is 2.17. The molecule has 0 aliphatic rings. The molecule has 146 valence electrons. The molecule has 9 nitrogen and oxygen atoms in total. The second-order valence-corrected chi connectivity index (χ2v) is 7.14. The highest BCUT2D eigenvalue weighted by atomic mass is 32.1. The van der Waals surface area contributed by atoms with E-state index in [1.807, 2.05) is 55.6 Å². The molecule has 0 bridgehead atoms. The first-order valence-electron chi connectivity index (χ1n) is 8.82. The van der Waals surface area contributed by atoms with Crippen molar-refractivity contribution in [3.05, 3.63) is 65.2 Å². The summed E-state index contributed by atoms with van der Waals surface area (Å²) in [5, 5.41) is 19.2. The van der Waals surface area contributed by atoms with Crippen molar-refractivity contribution in [2.24, 2.45) is 5.10 Å². The predicted octanol–water partition coefficient (Wildman–Crippen LogP) is 3.10. The Hall–Kier alpha value is -3.66. The van der Waals surface area contributed by atoms with E-state index in [9.17, 15) is 4.79 Å². The third-order valence-electron chi connectivity index (χ3n) is 4.06. The second-order valence-electron chi connectivity index (χ2n) is 6.30. The zero-order valence-corrected chi connectivity index (χ0v) is 16.9. The fourth-order valence-electron chi connectivity index (χ4n) is 2.84. The summed E-state index contributed by atoms with van der Waals surface area (Å²) < 4.78 is 3.21. The summed E-state index contributed by atoms with van der Waals surface area (Å²) in [6, 6.07) is 11.4. The smallest absolute Gasteiger partial charge is 0.273 e. The van der Waals surface area contributed by atoms with Crippen LogP contribution in [0, 0.1) is 13.8 Å². The van der Waals surface area contributed by atoms with Crippen LogP contribution in [-0.4, -0.2) is 41.8 Å². The number of thiazole rings is 1. The number of carbonyl (C=O) groups excluding carboxylic acids is 1. The van der Waals surface area contributed by atoms with Gasteiger partial charge in [-0.15, -0.1) is 21.5 Å². The Bertz CT molecular complexity index is 1170. The summed E-state index contributed by atoms with van der Waals surface area (Å²) in [5.74, 6) is 0.372. The average molecular weight is 406 g/mol. The normalized spacial score (nSPS) is 11.3. The maximum Gasteiger partial charge on any atom is 0.273 e. The van der Waals surface area contributed by atoms with E-state index < -0.39 is 0 Å². The van der Waals surface area contributed by atoms with E-state index in [4.69, 9.17) is 0 Å². The molecular weight excluding hydrogens is 388 g/mol. The number of rotatable bonds is 5. The van der Waals surface area contributed by atoms with Crippen LogP contribution in [0.15, 0.2) is 53.2 Å². The maximum atomic E-state index is 12.2. The number of aromatic nitrogens is 6. The van der Waals surface area contributed by atoms with Crippen molar-refractivity contribution >= 4 is 34.3 Å². The number of benzene rings is 1. The third-order valence-corrected chi connectivity index (χ3v) is 4.90. The van der Waals surface area contributed by atoms with Gasteiger partial charge in [-0.3, -0.25) is 9.69 Å². The molecule has 0 unspecified atom stereocenters. The minimum Gasteiger partial charge on any atom is -0.274 e. The van der Waals surface area contributed by atoms with Gasteiger partial charge in [0.2, 0.25) is 5.91 Å². The molecule has 0 aliphatic heterocycles. The van der Waals surface area contributed by atoms with E-state index in [2.05, 4.69) is 25.4 Å². The predicted molar refractivity (Wildman–Crippen MR) is 111 cm³/mol. The first-order chi connectivity index (χ1) is 14.0. The summed E-state index contributed by atoms with van der Waals surface area (Å²) in [5.41, 5.74) is 3.21. The molecule has 0 radical (unpaired) electrons. The summed E-state index contributed by atoms with van der Waals surface area (Å²) in [6.07, 6.45) is 3.10. The standard InChI is InChI=1S/C19H18N8OS/c1-13-9-14(2)27(24-13)18-23-20-12-25(18)21-10-16-11-29-19(22-16)26(15(3)28)17-7-5-4-6-8-17/h4-12H,1-3H3/b21-10-. The molecule has 0 aliphatic carbocycles. The molecule has 0 spiro atoms. The average Bonchev–Trinajstić information content (AvgIpc) is 3.41. The largest absolute Gasteiger partial charge is 0.274 e. The first kappa shape index (κ1) is 18.7. The van der Waals surface area contributed by atoms with Crippen LogP contribution in [-0.2, 0) is 4.79 Å². The number of para-hydroxylation sites is 1. The van der Waals surface area contributed by atoms with Gasteiger partial charge in [0.1, 0.15) is 6.33 Å². The zero-order valence-electron chi connectivity index (χ0n) is 16.1. The Kier molecular flexibility index (Phi) is 5.00. The van der Waals surface area contributed by atoms with E-state index in [1.165, 1.54) is 29.3 Å². The molecule has 4 aromatic rings. The molecular formula is C19H18N8OS. The number of hydrogen-bond donors (Lipinski definition) is 0. The lowest BCUT2D eigenvalue weighted by Gasteiger charge is -2.17. The van der Waals surface area contributed by atoms with Crippen LogP contribution in [0.3, 0.4) is 0 Å². The molecule has 0 N–H and O–H groups in total. The highest BCUT2D eigenvalue weighted by Crippen LogP contribution is 2.28. The SMILES string of the molecule is CC(=O)N(c1ccccc1)c1nc(/C=N\n2cnnc2-n2nc(C)cc2C)cs1. The fourth-order valence-corrected chi connectivity index (χ4v) is 3.68. The van der Waals surface area contributed by atoms with Crippen LogP contribution in [0.5, 0.6) is 0 Å². The van der Waals surface area contributed by atoms with E-state index >= 15 is 0 Å². The van der Waals surface area contributed by atoms with E-state index in [0.29, 0.717) is 16.8 Å². The van der Waals surface area contributed by atoms with Crippen LogP contribution >= 0.6 is 11.3 Å². The first-order valence-corrected chi connectivity index (χ1v) is 9.70. The van der Waals surface area contributed by atoms with Crippen LogP contribution < -0.4 is 4.90 Å². The summed E-state index contributed by atoms with van der Waals surface area (Å²) in [6.45, 7) is 5.37. The van der Waals surface area contributed by atoms with Crippen LogP contribution in [0.1, 0.15) is 24.0 Å². The Morgan fingerprint density at radius 2 is 2.03 bits per heavy atom. The van der Waals surface area contributed by atoms with E-state index in [0.717, 1.165) is 17.1 Å². The number of nitrogens with zero attached hydrogens (tertiary/aromatic N) is 8. The van der Waals surface area contributed by atoms with Crippen LogP contribution in [0.25, 0.3) is 5.95 Å².